The largest absolute Gasteiger partial charge is 0.584 e. The Morgan fingerprint density at radius 1 is 0.805 bits per heavy atom. The Hall–Kier alpha value is -1.96. The first-order valence-corrected chi connectivity index (χ1v) is 12.9. The van der Waals surface area contributed by atoms with E-state index in [2.05, 4.69) is 28.7 Å². The van der Waals surface area contributed by atoms with E-state index in [1.165, 1.54) is 0 Å². The number of aliphatic hydroxyl groups is 9. The van der Waals surface area contributed by atoms with Gasteiger partial charge in [-0.15, -0.1) is 0 Å². The van der Waals surface area contributed by atoms with Crippen molar-refractivity contribution in [2.45, 2.75) is 66.3 Å². The van der Waals surface area contributed by atoms with Gasteiger partial charge in [-0.2, -0.15) is 0 Å². The molecule has 22 nitrogen and oxygen atoms in total. The number of aliphatic hydroxyl groups excluding tert-OH is 8. The molecular formula is C18H25O22P. The molecule has 0 aromatic rings. The van der Waals surface area contributed by atoms with Gasteiger partial charge in [0.25, 0.3) is 0 Å². The van der Waals surface area contributed by atoms with E-state index in [1.807, 2.05) is 0 Å². The molecule has 4 saturated heterocycles. The van der Waals surface area contributed by atoms with Crippen LogP contribution in [0.25, 0.3) is 0 Å². The van der Waals surface area contributed by atoms with Crippen LogP contribution >= 0.6 is 7.82 Å². The lowest BCUT2D eigenvalue weighted by Gasteiger charge is -2.54. The van der Waals surface area contributed by atoms with Gasteiger partial charge in [0.05, 0.1) is 19.6 Å². The van der Waals surface area contributed by atoms with Crippen molar-refractivity contribution in [3.8, 4) is 0 Å². The van der Waals surface area contributed by atoms with Crippen molar-refractivity contribution in [2.75, 3.05) is 19.8 Å². The van der Waals surface area contributed by atoms with Crippen LogP contribution in [0.15, 0.2) is 0 Å². The minimum atomic E-state index is -5.45. The summed E-state index contributed by atoms with van der Waals surface area (Å²) in [5.41, 5.74) is -3.79. The Kier molecular flexibility index (Phi) is 8.79. The van der Waals surface area contributed by atoms with Crippen molar-refractivity contribution in [1.29, 1.82) is 0 Å². The Bertz CT molecular complexity index is 1080. The molecule has 0 saturated carbocycles. The van der Waals surface area contributed by atoms with Crippen LogP contribution in [0.2, 0.25) is 0 Å². The van der Waals surface area contributed by atoms with Gasteiger partial charge in [-0.3, -0.25) is 14.7 Å². The number of fused-ring (bicyclic) bond motifs is 4. The zero-order chi connectivity index (χ0) is 30.5. The molecule has 4 fully saturated rings. The Labute approximate surface area is 226 Å². The van der Waals surface area contributed by atoms with Gasteiger partial charge in [-0.25, -0.2) is 18.9 Å². The molecule has 4 aliphatic rings. The molecule has 234 valence electrons. The minimum absolute atomic E-state index is 1.03. The summed E-state index contributed by atoms with van der Waals surface area (Å²) in [7, 11) is -5.45. The third-order valence-electron chi connectivity index (χ3n) is 6.74. The molecule has 9 N–H and O–H groups in total. The van der Waals surface area contributed by atoms with E-state index < -0.39 is 118 Å². The molecule has 4 heterocycles. The van der Waals surface area contributed by atoms with Gasteiger partial charge >= 0.3 is 25.7 Å². The molecule has 2 bridgehead atoms. The lowest BCUT2D eigenvalue weighted by atomic mass is 9.73. The first-order valence-electron chi connectivity index (χ1n) is 11.4. The predicted octanol–water partition coefficient (Wildman–Crippen LogP) is -6.73. The van der Waals surface area contributed by atoms with Crippen LogP contribution in [0.4, 0.5) is 0 Å². The van der Waals surface area contributed by atoms with Crippen molar-refractivity contribution < 1.29 is 108 Å². The molecule has 23 heteroatoms. The molecule has 12 atom stereocenters. The van der Waals surface area contributed by atoms with Gasteiger partial charge in [0.1, 0.15) is 49.3 Å². The predicted molar refractivity (Wildman–Crippen MR) is 110 cm³/mol. The second kappa shape index (κ2) is 11.3. The molecule has 0 spiro atoms. The van der Waals surface area contributed by atoms with E-state index in [1.54, 1.807) is 0 Å². The molecule has 4 aliphatic heterocycles. The number of rotatable bonds is 6. The number of hydrogen-bond donors (Lipinski definition) is 9. The van der Waals surface area contributed by atoms with Crippen LogP contribution in [0.3, 0.4) is 0 Å². The average molecular weight is 624 g/mol. The quantitative estimate of drug-likeness (QED) is 0.0979. The normalized spacial score (nSPS) is 49.1. The van der Waals surface area contributed by atoms with Gasteiger partial charge < -0.3 is 60.2 Å². The Morgan fingerprint density at radius 3 is 1.98 bits per heavy atom. The highest BCUT2D eigenvalue weighted by Crippen LogP contribution is 2.55. The fourth-order valence-electron chi connectivity index (χ4n) is 4.71. The highest BCUT2D eigenvalue weighted by Gasteiger charge is 2.74. The molecule has 0 aliphatic carbocycles. The summed E-state index contributed by atoms with van der Waals surface area (Å²) in [6.07, 6.45) is -17.7. The van der Waals surface area contributed by atoms with Crippen molar-refractivity contribution in [3.05, 3.63) is 0 Å². The number of hydrogen-bond acceptors (Lipinski definition) is 22. The summed E-state index contributed by atoms with van der Waals surface area (Å²) in [5, 5.41) is 94.1. The van der Waals surface area contributed by atoms with Gasteiger partial charge in [0.2, 0.25) is 11.6 Å². The van der Waals surface area contributed by atoms with Crippen LogP contribution in [0, 0.1) is 5.92 Å². The standard InChI is InChI=1S/C18H25O22P/c19-2-5-8(23)10(25)13(27)18(33-5,37-17(4-21)12(26)9(24)6(3-20)32-17)11-14(28)35-39-41(31)38-34-7(22)1-16(11,30)15(29)36-40-41/h5-6,8-13,19-21,23-27,30H,1-4H2/t5-,6-,8-,9-,10+,11?,12+,13-,16?,17?,18+,41?/m1/s1. The van der Waals surface area contributed by atoms with E-state index in [0.717, 1.165) is 0 Å². The first-order chi connectivity index (χ1) is 19.1. The highest BCUT2D eigenvalue weighted by atomic mass is 31.2. The Balaban J connectivity index is 1.98. The lowest BCUT2D eigenvalue weighted by molar-refractivity contribution is -0.453. The maximum atomic E-state index is 13.4. The second-order valence-corrected chi connectivity index (χ2v) is 10.6. The van der Waals surface area contributed by atoms with Crippen molar-refractivity contribution in [2.24, 2.45) is 5.92 Å². The number of carbonyl (C=O) groups excluding carboxylic acids is 3. The monoisotopic (exact) mass is 624 g/mol. The molecule has 0 aromatic carbocycles. The molecule has 4 rings (SSSR count). The fraction of sp³-hybridized carbons (Fsp3) is 0.833. The lowest BCUT2D eigenvalue weighted by Crippen LogP contribution is -2.76. The van der Waals surface area contributed by atoms with Crippen molar-refractivity contribution in [1.82, 2.24) is 0 Å². The van der Waals surface area contributed by atoms with Crippen LogP contribution < -0.4 is 0 Å². The minimum Gasteiger partial charge on any atom is -0.394 e. The van der Waals surface area contributed by atoms with Crippen molar-refractivity contribution in [3.63, 3.8) is 0 Å². The van der Waals surface area contributed by atoms with E-state index in [-0.39, 0.29) is 0 Å². The number of phosphoric acid groups is 1. The summed E-state index contributed by atoms with van der Waals surface area (Å²) in [4.78, 5) is 51.5. The van der Waals surface area contributed by atoms with Gasteiger partial charge in [-0.05, 0) is 0 Å². The molecule has 4 unspecified atom stereocenters. The zero-order valence-electron chi connectivity index (χ0n) is 20.2. The summed E-state index contributed by atoms with van der Waals surface area (Å²) >= 11 is 0. The number of ether oxygens (including phenoxy) is 3. The SMILES string of the molecule is O=C1CC2(O)C(=O)OOP(=O)(OO1)OOC(=O)C2[C@@]1(OC2(CO)O[C@H](CO)[C@@H](O)[C@@H]2O)O[C@H](CO)[C@@H](O)[C@H](O)[C@H]1O. The fourth-order valence-corrected chi connectivity index (χ4v) is 5.28. The molecule has 41 heavy (non-hydrogen) atoms. The maximum absolute atomic E-state index is 13.4. The van der Waals surface area contributed by atoms with E-state index in [9.17, 15) is 64.9 Å². The van der Waals surface area contributed by atoms with Gasteiger partial charge in [-0.1, -0.05) is 14.0 Å². The average Bonchev–Trinajstić information content (AvgIpc) is 3.21. The maximum Gasteiger partial charge on any atom is 0.584 e. The topological polar surface area (TPSA) is 333 Å². The highest BCUT2D eigenvalue weighted by molar-refractivity contribution is 7.48. The third kappa shape index (κ3) is 5.14. The van der Waals surface area contributed by atoms with E-state index >= 15 is 0 Å². The van der Waals surface area contributed by atoms with E-state index in [4.69, 9.17) is 14.2 Å². The number of carbonyl (C=O) groups is 3. The zero-order valence-corrected chi connectivity index (χ0v) is 21.1. The summed E-state index contributed by atoms with van der Waals surface area (Å²) in [6.45, 7) is -3.82. The van der Waals surface area contributed by atoms with Crippen LogP contribution in [-0.4, -0.2) is 144 Å². The molecule has 0 radical (unpaired) electrons. The summed E-state index contributed by atoms with van der Waals surface area (Å²) < 4.78 is 41.0. The van der Waals surface area contributed by atoms with E-state index in [0.29, 0.717) is 0 Å². The summed E-state index contributed by atoms with van der Waals surface area (Å²) in [6, 6.07) is 0. The van der Waals surface area contributed by atoms with Crippen LogP contribution in [0.5, 0.6) is 0 Å². The first kappa shape index (κ1) is 32.0. The molecular weight excluding hydrogens is 599 g/mol. The van der Waals surface area contributed by atoms with Crippen LogP contribution in [0.1, 0.15) is 6.42 Å². The smallest absolute Gasteiger partial charge is 0.394 e. The Morgan fingerprint density at radius 2 is 1.39 bits per heavy atom. The van der Waals surface area contributed by atoms with Gasteiger partial charge in [0, 0.05) is 0 Å². The third-order valence-corrected chi connectivity index (χ3v) is 7.51. The van der Waals surface area contributed by atoms with Crippen LogP contribution in [-0.2, 0) is 61.8 Å². The molecule has 0 aromatic heterocycles. The van der Waals surface area contributed by atoms with Gasteiger partial charge in [0.15, 0.2) is 11.5 Å². The van der Waals surface area contributed by atoms with Crippen molar-refractivity contribution >= 4 is 25.7 Å². The second-order valence-electron chi connectivity index (χ2n) is 9.27. The molecule has 0 amide bonds. The summed E-state index contributed by atoms with van der Waals surface area (Å²) in [5.74, 6) is -16.0.